The fraction of sp³-hybridized carbons (Fsp3) is 0. The molecule has 0 aliphatic heterocycles. The van der Waals surface area contributed by atoms with Gasteiger partial charge in [-0.15, -0.1) is 22.7 Å². The van der Waals surface area contributed by atoms with Gasteiger partial charge in [0.1, 0.15) is 5.01 Å². The van der Waals surface area contributed by atoms with Crippen LogP contribution in [0.25, 0.3) is 62.9 Å². The Morgan fingerprint density at radius 1 is 0.531 bits per heavy atom. The lowest BCUT2D eigenvalue weighted by atomic mass is 9.93. The first-order valence-electron chi connectivity index (χ1n) is 10.6. The molecule has 0 atom stereocenters. The summed E-state index contributed by atoms with van der Waals surface area (Å²) in [5, 5.41) is 6.33. The lowest BCUT2D eigenvalue weighted by Gasteiger charge is -2.10. The summed E-state index contributed by atoms with van der Waals surface area (Å²) in [6.45, 7) is 0. The van der Waals surface area contributed by atoms with Crippen molar-refractivity contribution in [3.8, 4) is 21.7 Å². The van der Waals surface area contributed by atoms with Gasteiger partial charge in [0.05, 0.1) is 10.2 Å². The van der Waals surface area contributed by atoms with Crippen molar-refractivity contribution in [2.45, 2.75) is 0 Å². The van der Waals surface area contributed by atoms with Gasteiger partial charge in [-0.25, -0.2) is 4.98 Å². The van der Waals surface area contributed by atoms with Gasteiger partial charge in [-0.3, -0.25) is 0 Å². The molecule has 0 amide bonds. The minimum absolute atomic E-state index is 1.06. The molecule has 1 nitrogen and oxygen atoms in total. The molecular weight excluding hydrogens is 426 g/mol. The molecule has 2 heterocycles. The minimum atomic E-state index is 1.06. The number of nitrogens with zero attached hydrogens (tertiary/aromatic N) is 1. The largest absolute Gasteiger partial charge is 0.236 e. The van der Waals surface area contributed by atoms with Crippen molar-refractivity contribution in [3.63, 3.8) is 0 Å². The fourth-order valence-electron chi connectivity index (χ4n) is 4.64. The van der Waals surface area contributed by atoms with E-state index in [0.29, 0.717) is 0 Å². The zero-order valence-corrected chi connectivity index (χ0v) is 18.7. The molecule has 0 radical (unpaired) electrons. The van der Waals surface area contributed by atoms with Crippen molar-refractivity contribution in [2.24, 2.45) is 0 Å². The van der Waals surface area contributed by atoms with E-state index < -0.39 is 0 Å². The highest BCUT2D eigenvalue weighted by Crippen LogP contribution is 2.45. The monoisotopic (exact) mass is 443 g/mol. The van der Waals surface area contributed by atoms with Gasteiger partial charge in [-0.2, -0.15) is 0 Å². The first-order valence-corrected chi connectivity index (χ1v) is 12.3. The molecule has 0 saturated heterocycles. The van der Waals surface area contributed by atoms with Crippen molar-refractivity contribution in [2.75, 3.05) is 0 Å². The van der Waals surface area contributed by atoms with E-state index in [2.05, 4.69) is 97.1 Å². The molecule has 32 heavy (non-hydrogen) atoms. The maximum absolute atomic E-state index is 5.00. The molecule has 0 saturated carbocycles. The van der Waals surface area contributed by atoms with E-state index in [0.717, 1.165) is 10.5 Å². The Morgan fingerprint density at radius 2 is 1.31 bits per heavy atom. The minimum Gasteiger partial charge on any atom is -0.236 e. The molecule has 7 rings (SSSR count). The average molecular weight is 444 g/mol. The van der Waals surface area contributed by atoms with Crippen LogP contribution in [0.3, 0.4) is 0 Å². The third kappa shape index (κ3) is 2.72. The van der Waals surface area contributed by atoms with E-state index in [4.69, 9.17) is 4.98 Å². The Balaban J connectivity index is 1.55. The summed E-state index contributed by atoms with van der Waals surface area (Å²) in [7, 11) is 0. The van der Waals surface area contributed by atoms with Gasteiger partial charge in [0, 0.05) is 25.7 Å². The predicted octanol–water partition coefficient (Wildman–Crippen LogP) is 9.15. The van der Waals surface area contributed by atoms with Crippen molar-refractivity contribution in [1.29, 1.82) is 0 Å². The maximum Gasteiger partial charge on any atom is 0.124 e. The Hall–Kier alpha value is -3.53. The van der Waals surface area contributed by atoms with Crippen molar-refractivity contribution >= 4 is 63.8 Å². The van der Waals surface area contributed by atoms with Gasteiger partial charge >= 0.3 is 0 Å². The quantitative estimate of drug-likeness (QED) is 0.259. The summed E-state index contributed by atoms with van der Waals surface area (Å²) < 4.78 is 3.89. The molecule has 0 spiro atoms. The second-order valence-electron chi connectivity index (χ2n) is 8.01. The molecule has 0 aliphatic rings. The zero-order chi connectivity index (χ0) is 21.1. The second-order valence-corrected chi connectivity index (χ2v) is 10.1. The normalized spacial score (nSPS) is 11.8. The molecule has 0 fully saturated rings. The number of aromatic nitrogens is 1. The Morgan fingerprint density at radius 3 is 2.22 bits per heavy atom. The highest BCUT2D eigenvalue weighted by molar-refractivity contribution is 7.26. The van der Waals surface area contributed by atoms with E-state index in [1.807, 2.05) is 17.4 Å². The molecule has 7 aromatic rings. The van der Waals surface area contributed by atoms with Crippen molar-refractivity contribution in [3.05, 3.63) is 103 Å². The van der Waals surface area contributed by atoms with Crippen LogP contribution >= 0.6 is 22.7 Å². The van der Waals surface area contributed by atoms with Gasteiger partial charge in [-0.1, -0.05) is 78.9 Å². The van der Waals surface area contributed by atoms with Crippen LogP contribution in [-0.2, 0) is 0 Å². The highest BCUT2D eigenvalue weighted by atomic mass is 32.1. The first kappa shape index (κ1) is 18.1. The molecule has 150 valence electrons. The fourth-order valence-corrected chi connectivity index (χ4v) is 6.75. The van der Waals surface area contributed by atoms with Crippen LogP contribution in [0.4, 0.5) is 0 Å². The molecule has 3 heteroatoms. The lowest BCUT2D eigenvalue weighted by Crippen LogP contribution is -1.84. The van der Waals surface area contributed by atoms with Gasteiger partial charge in [0.15, 0.2) is 0 Å². The highest BCUT2D eigenvalue weighted by Gasteiger charge is 2.16. The van der Waals surface area contributed by atoms with Crippen molar-refractivity contribution < 1.29 is 0 Å². The summed E-state index contributed by atoms with van der Waals surface area (Å²) in [5.41, 5.74) is 4.78. The summed E-state index contributed by atoms with van der Waals surface area (Å²) in [4.78, 5) is 5.00. The molecular formula is C29H17NS2. The summed E-state index contributed by atoms with van der Waals surface area (Å²) >= 11 is 3.63. The molecule has 0 unspecified atom stereocenters. The summed E-state index contributed by atoms with van der Waals surface area (Å²) in [6, 6.07) is 37.0. The topological polar surface area (TPSA) is 12.9 Å². The van der Waals surface area contributed by atoms with Gasteiger partial charge in [0.25, 0.3) is 0 Å². The molecule has 5 aromatic carbocycles. The standard InChI is InChI=1S/C29H17NS2/c1-2-8-18(9-3-1)29-30-23-16-20(14-15-25(23)32-29)27-21-11-5-4-10-19(21)17-26-28(27)22-12-6-7-13-24(22)31-26/h1-17H. The van der Waals surface area contributed by atoms with Crippen LogP contribution in [0, 0.1) is 0 Å². The third-order valence-corrected chi connectivity index (χ3v) is 8.29. The third-order valence-electron chi connectivity index (χ3n) is 6.09. The van der Waals surface area contributed by atoms with Crippen LogP contribution in [0.15, 0.2) is 103 Å². The average Bonchev–Trinajstić information content (AvgIpc) is 3.44. The Bertz CT molecular complexity index is 1770. The Labute approximate surface area is 193 Å². The number of fused-ring (bicyclic) bond motifs is 5. The lowest BCUT2D eigenvalue weighted by molar-refractivity contribution is 1.48. The van der Waals surface area contributed by atoms with E-state index in [1.165, 1.54) is 52.3 Å². The number of hydrogen-bond donors (Lipinski definition) is 0. The van der Waals surface area contributed by atoms with E-state index in [-0.39, 0.29) is 0 Å². The Kier molecular flexibility index (Phi) is 3.95. The van der Waals surface area contributed by atoms with E-state index in [9.17, 15) is 0 Å². The number of hydrogen-bond acceptors (Lipinski definition) is 3. The van der Waals surface area contributed by atoms with Gasteiger partial charge in [0.2, 0.25) is 0 Å². The smallest absolute Gasteiger partial charge is 0.124 e. The number of rotatable bonds is 2. The van der Waals surface area contributed by atoms with Gasteiger partial charge in [-0.05, 0) is 46.2 Å². The predicted molar refractivity (Wildman–Crippen MR) is 141 cm³/mol. The van der Waals surface area contributed by atoms with Crippen LogP contribution < -0.4 is 0 Å². The molecule has 0 bridgehead atoms. The molecule has 0 aliphatic carbocycles. The number of thiophene rings is 1. The second kappa shape index (κ2) is 6.99. The number of thiazole rings is 1. The van der Waals surface area contributed by atoms with Gasteiger partial charge < -0.3 is 0 Å². The van der Waals surface area contributed by atoms with Crippen LogP contribution in [0.1, 0.15) is 0 Å². The summed E-state index contributed by atoms with van der Waals surface area (Å²) in [6.07, 6.45) is 0. The van der Waals surface area contributed by atoms with Crippen molar-refractivity contribution in [1.82, 2.24) is 4.98 Å². The maximum atomic E-state index is 5.00. The van der Waals surface area contributed by atoms with Crippen LogP contribution in [0.2, 0.25) is 0 Å². The molecule has 2 aromatic heterocycles. The number of benzene rings is 5. The van der Waals surface area contributed by atoms with E-state index in [1.54, 1.807) is 11.3 Å². The molecule has 0 N–H and O–H groups in total. The summed E-state index contributed by atoms with van der Waals surface area (Å²) in [5.74, 6) is 0. The van der Waals surface area contributed by atoms with Crippen LogP contribution in [-0.4, -0.2) is 4.98 Å². The van der Waals surface area contributed by atoms with E-state index >= 15 is 0 Å². The zero-order valence-electron chi connectivity index (χ0n) is 17.1. The first-order chi connectivity index (χ1) is 15.8. The SMILES string of the molecule is c1ccc(-c2nc3cc(-c4c5ccccc5cc5sc6ccccc6c45)ccc3s2)cc1. The van der Waals surface area contributed by atoms with Crippen LogP contribution in [0.5, 0.6) is 0 Å².